The van der Waals surface area contributed by atoms with Crippen LogP contribution in [0.2, 0.25) is 5.02 Å². The summed E-state index contributed by atoms with van der Waals surface area (Å²) < 4.78 is 19.0. The van der Waals surface area contributed by atoms with Gasteiger partial charge in [-0.1, -0.05) is 35.6 Å². The van der Waals surface area contributed by atoms with E-state index in [1.807, 2.05) is 18.2 Å². The average Bonchev–Trinajstić information content (AvgIpc) is 2.47. The molecule has 0 spiro atoms. The summed E-state index contributed by atoms with van der Waals surface area (Å²) in [5.74, 6) is 6.39. The van der Waals surface area contributed by atoms with Crippen molar-refractivity contribution in [3.05, 3.63) is 64.4 Å². The summed E-state index contributed by atoms with van der Waals surface area (Å²) in [6.45, 7) is 0.344. The van der Waals surface area contributed by atoms with Gasteiger partial charge in [0.1, 0.15) is 18.2 Å². The van der Waals surface area contributed by atoms with Gasteiger partial charge in [-0.2, -0.15) is 0 Å². The Morgan fingerprint density at radius 1 is 1.14 bits per heavy atom. The van der Waals surface area contributed by atoms with Crippen LogP contribution in [0.15, 0.2) is 42.5 Å². The van der Waals surface area contributed by atoms with Crippen molar-refractivity contribution in [2.24, 2.45) is 0 Å². The molecule has 2 rings (SSSR count). The highest BCUT2D eigenvalue weighted by Crippen LogP contribution is 2.21. The molecule has 0 aliphatic heterocycles. The first-order chi connectivity index (χ1) is 10.2. The Morgan fingerprint density at radius 2 is 2.00 bits per heavy atom. The average molecular weight is 323 g/mol. The molecular weight excluding hydrogens is 310 g/mol. The van der Waals surface area contributed by atoms with Crippen LogP contribution in [0, 0.1) is 17.7 Å². The van der Waals surface area contributed by atoms with Gasteiger partial charge < -0.3 is 4.74 Å². The summed E-state index contributed by atoms with van der Waals surface area (Å²) in [5, 5.41) is 0.650. The van der Waals surface area contributed by atoms with E-state index in [1.54, 1.807) is 12.1 Å². The van der Waals surface area contributed by atoms with Crippen LogP contribution in [0.4, 0.5) is 4.39 Å². The maximum atomic E-state index is 13.3. The summed E-state index contributed by atoms with van der Waals surface area (Å²) >= 11 is 11.5. The van der Waals surface area contributed by atoms with Gasteiger partial charge in [0.25, 0.3) is 0 Å². The highest BCUT2D eigenvalue weighted by Gasteiger charge is 2.04. The van der Waals surface area contributed by atoms with Crippen molar-refractivity contribution < 1.29 is 9.13 Å². The summed E-state index contributed by atoms with van der Waals surface area (Å²) in [6, 6.07) is 11.7. The van der Waals surface area contributed by atoms with E-state index in [1.165, 1.54) is 12.1 Å². The van der Waals surface area contributed by atoms with Gasteiger partial charge in [0.15, 0.2) is 0 Å². The topological polar surface area (TPSA) is 9.23 Å². The SMILES string of the molecule is Fc1ccc(OCc2cccc(Cl)c2)c(C#CCCCl)c1. The van der Waals surface area contributed by atoms with Gasteiger partial charge in [-0.15, -0.1) is 11.6 Å². The highest BCUT2D eigenvalue weighted by atomic mass is 35.5. The van der Waals surface area contributed by atoms with Gasteiger partial charge in [0.05, 0.1) is 5.56 Å². The van der Waals surface area contributed by atoms with Crippen molar-refractivity contribution in [3.63, 3.8) is 0 Å². The predicted octanol–water partition coefficient (Wildman–Crippen LogP) is 5.04. The number of alkyl halides is 1. The van der Waals surface area contributed by atoms with Crippen molar-refractivity contribution in [1.82, 2.24) is 0 Å². The fourth-order valence-corrected chi connectivity index (χ4v) is 2.03. The lowest BCUT2D eigenvalue weighted by Gasteiger charge is -2.09. The third-order valence-corrected chi connectivity index (χ3v) is 3.09. The maximum Gasteiger partial charge on any atom is 0.135 e. The Bertz CT molecular complexity index is 674. The van der Waals surface area contributed by atoms with Gasteiger partial charge in [-0.3, -0.25) is 0 Å². The second-order valence-electron chi connectivity index (χ2n) is 4.30. The van der Waals surface area contributed by atoms with Gasteiger partial charge >= 0.3 is 0 Å². The molecule has 0 radical (unpaired) electrons. The van der Waals surface area contributed by atoms with E-state index in [-0.39, 0.29) is 5.82 Å². The molecule has 0 heterocycles. The zero-order valence-electron chi connectivity index (χ0n) is 11.2. The van der Waals surface area contributed by atoms with E-state index >= 15 is 0 Å². The van der Waals surface area contributed by atoms with E-state index in [9.17, 15) is 4.39 Å². The molecule has 0 bridgehead atoms. The van der Waals surface area contributed by atoms with E-state index in [0.29, 0.717) is 35.2 Å². The molecule has 21 heavy (non-hydrogen) atoms. The lowest BCUT2D eigenvalue weighted by atomic mass is 10.2. The van der Waals surface area contributed by atoms with E-state index in [2.05, 4.69) is 11.8 Å². The third-order valence-electron chi connectivity index (χ3n) is 2.67. The summed E-state index contributed by atoms with van der Waals surface area (Å²) in [5.41, 5.74) is 1.45. The summed E-state index contributed by atoms with van der Waals surface area (Å²) in [6.07, 6.45) is 0.547. The summed E-state index contributed by atoms with van der Waals surface area (Å²) in [7, 11) is 0. The first kappa shape index (κ1) is 15.7. The van der Waals surface area contributed by atoms with E-state index in [4.69, 9.17) is 27.9 Å². The van der Waals surface area contributed by atoms with Crippen LogP contribution in [-0.4, -0.2) is 5.88 Å². The fourth-order valence-electron chi connectivity index (χ4n) is 1.72. The third kappa shape index (κ3) is 4.97. The minimum atomic E-state index is -0.347. The number of benzene rings is 2. The smallest absolute Gasteiger partial charge is 0.135 e. The molecule has 0 unspecified atom stereocenters. The van der Waals surface area contributed by atoms with Crippen molar-refractivity contribution >= 4 is 23.2 Å². The Hall–Kier alpha value is -1.69. The van der Waals surface area contributed by atoms with Crippen molar-refractivity contribution in [2.75, 3.05) is 5.88 Å². The largest absolute Gasteiger partial charge is 0.488 e. The minimum Gasteiger partial charge on any atom is -0.488 e. The second-order valence-corrected chi connectivity index (χ2v) is 5.11. The van der Waals surface area contributed by atoms with Gasteiger partial charge in [-0.25, -0.2) is 4.39 Å². The number of ether oxygens (including phenoxy) is 1. The molecule has 0 atom stereocenters. The standard InChI is InChI=1S/C17H13Cl2FO/c18-9-2-1-5-14-11-16(20)7-8-17(14)21-12-13-4-3-6-15(19)10-13/h3-4,6-8,10-11H,2,9,12H2. The molecule has 108 valence electrons. The number of hydrogen-bond acceptors (Lipinski definition) is 1. The summed E-state index contributed by atoms with van der Waals surface area (Å²) in [4.78, 5) is 0. The molecule has 0 aliphatic rings. The first-order valence-corrected chi connectivity index (χ1v) is 7.32. The van der Waals surface area contributed by atoms with Crippen molar-refractivity contribution in [2.45, 2.75) is 13.0 Å². The Morgan fingerprint density at radius 3 is 2.76 bits per heavy atom. The predicted molar refractivity (Wildman–Crippen MR) is 84.4 cm³/mol. The molecule has 0 saturated carbocycles. The number of hydrogen-bond donors (Lipinski definition) is 0. The zero-order chi connectivity index (χ0) is 15.1. The van der Waals surface area contributed by atoms with Crippen LogP contribution in [0.3, 0.4) is 0 Å². The molecule has 0 N–H and O–H groups in total. The molecule has 0 saturated heterocycles. The van der Waals surface area contributed by atoms with Crippen molar-refractivity contribution in [3.8, 4) is 17.6 Å². The Kier molecular flexibility index (Phi) is 5.92. The lowest BCUT2D eigenvalue weighted by Crippen LogP contribution is -1.97. The van der Waals surface area contributed by atoms with Crippen LogP contribution >= 0.6 is 23.2 Å². The van der Waals surface area contributed by atoms with Crippen LogP contribution < -0.4 is 4.74 Å². The van der Waals surface area contributed by atoms with Crippen LogP contribution in [-0.2, 0) is 6.61 Å². The monoisotopic (exact) mass is 322 g/mol. The van der Waals surface area contributed by atoms with Gasteiger partial charge in [0.2, 0.25) is 0 Å². The lowest BCUT2D eigenvalue weighted by molar-refractivity contribution is 0.305. The van der Waals surface area contributed by atoms with Gasteiger partial charge in [-0.05, 0) is 35.9 Å². The Balaban J connectivity index is 2.14. The maximum absolute atomic E-state index is 13.3. The van der Waals surface area contributed by atoms with Gasteiger partial charge in [0, 0.05) is 17.3 Å². The molecule has 4 heteroatoms. The molecule has 0 aliphatic carbocycles. The molecule has 2 aromatic carbocycles. The minimum absolute atomic E-state index is 0.344. The number of rotatable bonds is 4. The molecule has 0 fully saturated rings. The molecule has 0 aromatic heterocycles. The van der Waals surface area contributed by atoms with Crippen LogP contribution in [0.25, 0.3) is 0 Å². The molecule has 1 nitrogen and oxygen atoms in total. The second kappa shape index (κ2) is 7.93. The van der Waals surface area contributed by atoms with Crippen LogP contribution in [0.5, 0.6) is 5.75 Å². The Labute approximate surface area is 133 Å². The van der Waals surface area contributed by atoms with E-state index in [0.717, 1.165) is 5.56 Å². The normalized spacial score (nSPS) is 9.86. The van der Waals surface area contributed by atoms with Crippen molar-refractivity contribution in [1.29, 1.82) is 0 Å². The zero-order valence-corrected chi connectivity index (χ0v) is 12.7. The van der Waals surface area contributed by atoms with E-state index < -0.39 is 0 Å². The van der Waals surface area contributed by atoms with Crippen LogP contribution in [0.1, 0.15) is 17.5 Å². The number of halogens is 3. The quantitative estimate of drug-likeness (QED) is 0.566. The molecule has 0 amide bonds. The highest BCUT2D eigenvalue weighted by molar-refractivity contribution is 6.30. The first-order valence-electron chi connectivity index (χ1n) is 6.40. The molecule has 2 aromatic rings. The molecular formula is C17H13Cl2FO. The fraction of sp³-hybridized carbons (Fsp3) is 0.176.